The summed E-state index contributed by atoms with van der Waals surface area (Å²) in [4.78, 5) is 0. The molecule has 0 saturated carbocycles. The molecule has 0 aliphatic rings. The van der Waals surface area contributed by atoms with Crippen LogP contribution in [-0.2, 0) is 5.54 Å². The Morgan fingerprint density at radius 1 is 1.00 bits per heavy atom. The Balaban J connectivity index is 2.76. The van der Waals surface area contributed by atoms with Crippen molar-refractivity contribution in [2.24, 2.45) is 5.84 Å². The number of hydrogen-bond acceptors (Lipinski definition) is 8. The van der Waals surface area contributed by atoms with Gasteiger partial charge in [-0.2, -0.15) is 0 Å². The molecule has 0 radical (unpaired) electrons. The van der Waals surface area contributed by atoms with Gasteiger partial charge in [-0.15, -0.1) is 22.7 Å². The molecule has 11 N–H and O–H groups in total. The van der Waals surface area contributed by atoms with Gasteiger partial charge in [-0.3, -0.25) is 5.84 Å². The maximum Gasteiger partial charge on any atom is 0.0933 e. The molecule has 2 aromatic heterocycles. The van der Waals surface area contributed by atoms with Gasteiger partial charge in [0.05, 0.1) is 15.5 Å². The van der Waals surface area contributed by atoms with E-state index in [9.17, 15) is 0 Å². The molecule has 0 fully saturated rings. The van der Waals surface area contributed by atoms with Crippen molar-refractivity contribution in [3.63, 3.8) is 0 Å². The second kappa shape index (κ2) is 4.89. The largest absolute Gasteiger partial charge is 0.398 e. The summed E-state index contributed by atoms with van der Waals surface area (Å²) in [5, 5.41) is 4.82. The first-order valence-corrected chi connectivity index (χ1v) is 7.47. The van der Waals surface area contributed by atoms with E-state index in [0.29, 0.717) is 27.8 Å². The summed E-state index contributed by atoms with van der Waals surface area (Å²) in [6, 6.07) is 0. The van der Waals surface area contributed by atoms with Crippen molar-refractivity contribution in [1.82, 2.24) is 5.43 Å². The van der Waals surface area contributed by atoms with Crippen LogP contribution in [0.15, 0.2) is 10.8 Å². The van der Waals surface area contributed by atoms with Gasteiger partial charge in [0.25, 0.3) is 0 Å². The van der Waals surface area contributed by atoms with Gasteiger partial charge in [0.15, 0.2) is 0 Å². The number of nitrogens with two attached hydrogens (primary N) is 5. The third-order valence-electron chi connectivity index (χ3n) is 3.33. The van der Waals surface area contributed by atoms with E-state index in [1.165, 1.54) is 22.7 Å². The first kappa shape index (κ1) is 13.9. The molecule has 2 rings (SSSR count). The molecule has 19 heavy (non-hydrogen) atoms. The van der Waals surface area contributed by atoms with Crippen LogP contribution in [-0.4, -0.2) is 0 Å². The summed E-state index contributed by atoms with van der Waals surface area (Å²) in [7, 11) is 0. The van der Waals surface area contributed by atoms with Gasteiger partial charge in [-0.25, -0.2) is 5.43 Å². The van der Waals surface area contributed by atoms with Crippen molar-refractivity contribution in [3.05, 3.63) is 21.9 Å². The molecule has 0 aliphatic carbocycles. The van der Waals surface area contributed by atoms with Crippen molar-refractivity contribution in [1.29, 1.82) is 0 Å². The Morgan fingerprint density at radius 2 is 1.42 bits per heavy atom. The van der Waals surface area contributed by atoms with Crippen LogP contribution in [0.1, 0.15) is 24.5 Å². The summed E-state index contributed by atoms with van der Waals surface area (Å²) >= 11 is 2.75. The lowest BCUT2D eigenvalue weighted by Crippen LogP contribution is -2.48. The fourth-order valence-electron chi connectivity index (χ4n) is 2.41. The molecule has 0 unspecified atom stereocenters. The molecule has 0 saturated heterocycles. The van der Waals surface area contributed by atoms with E-state index < -0.39 is 5.54 Å². The molecule has 0 spiro atoms. The minimum absolute atomic E-state index is 0.590. The zero-order valence-electron chi connectivity index (χ0n) is 10.6. The molecule has 2 aromatic rings. The third kappa shape index (κ3) is 1.93. The number of thiophene rings is 2. The minimum Gasteiger partial charge on any atom is -0.398 e. The lowest BCUT2D eigenvalue weighted by molar-refractivity contribution is 0.404. The Bertz CT molecular complexity index is 497. The van der Waals surface area contributed by atoms with Crippen molar-refractivity contribution >= 4 is 44.1 Å². The first-order valence-electron chi connectivity index (χ1n) is 5.71. The van der Waals surface area contributed by atoms with Gasteiger partial charge in [-0.05, 0) is 6.42 Å². The molecular formula is C11H18N6S2. The van der Waals surface area contributed by atoms with Crippen molar-refractivity contribution in [2.45, 2.75) is 18.9 Å². The summed E-state index contributed by atoms with van der Waals surface area (Å²) in [6.45, 7) is 1.98. The highest BCUT2D eigenvalue weighted by molar-refractivity contribution is 7.15. The predicted molar refractivity (Wildman–Crippen MR) is 84.7 cm³/mol. The van der Waals surface area contributed by atoms with Crippen molar-refractivity contribution < 1.29 is 0 Å². The molecule has 8 heteroatoms. The van der Waals surface area contributed by atoms with Crippen LogP contribution in [0.2, 0.25) is 0 Å². The molecule has 104 valence electrons. The molecule has 0 aromatic carbocycles. The standard InChI is InChI=1S/C11H18N6S2/c1-2-11(17-16,7-5(12)3-18-9(7)14)8-6(13)4-19-10(8)15/h3-4,17H,2,12-16H2,1H3. The van der Waals surface area contributed by atoms with E-state index in [1.807, 2.05) is 6.92 Å². The third-order valence-corrected chi connectivity index (χ3v) is 4.99. The molecule has 0 atom stereocenters. The molecule has 6 nitrogen and oxygen atoms in total. The highest BCUT2D eigenvalue weighted by Gasteiger charge is 2.39. The van der Waals surface area contributed by atoms with Gasteiger partial charge in [-0.1, -0.05) is 6.92 Å². The number of anilines is 4. The summed E-state index contributed by atoms with van der Waals surface area (Å²) in [6.07, 6.45) is 0.625. The van der Waals surface area contributed by atoms with Gasteiger partial charge in [0, 0.05) is 33.3 Å². The predicted octanol–water partition coefficient (Wildman–Crippen LogP) is 1.26. The average Bonchev–Trinajstić information content (AvgIpc) is 2.90. The number of rotatable bonds is 4. The molecule has 0 bridgehead atoms. The molecule has 2 heterocycles. The highest BCUT2D eigenvalue weighted by atomic mass is 32.1. The molecule has 0 amide bonds. The Labute approximate surface area is 119 Å². The van der Waals surface area contributed by atoms with Gasteiger partial charge >= 0.3 is 0 Å². The number of hydrogen-bond donors (Lipinski definition) is 6. The Morgan fingerprint density at radius 3 is 1.63 bits per heavy atom. The average molecular weight is 298 g/mol. The van der Waals surface area contributed by atoms with Gasteiger partial charge in [0.2, 0.25) is 0 Å². The first-order chi connectivity index (χ1) is 8.97. The van der Waals surface area contributed by atoms with Crippen LogP contribution in [0, 0.1) is 0 Å². The van der Waals surface area contributed by atoms with Crippen LogP contribution in [0.5, 0.6) is 0 Å². The lowest BCUT2D eigenvalue weighted by atomic mass is 9.81. The van der Waals surface area contributed by atoms with Crippen molar-refractivity contribution in [3.8, 4) is 0 Å². The Hall–Kier alpha value is -1.48. The van der Waals surface area contributed by atoms with Gasteiger partial charge in [0.1, 0.15) is 0 Å². The van der Waals surface area contributed by atoms with E-state index >= 15 is 0 Å². The quantitative estimate of drug-likeness (QED) is 0.370. The Kier molecular flexibility index (Phi) is 3.59. The zero-order chi connectivity index (χ0) is 14.2. The second-order valence-corrected chi connectivity index (χ2v) is 6.09. The monoisotopic (exact) mass is 298 g/mol. The van der Waals surface area contributed by atoms with Crippen LogP contribution >= 0.6 is 22.7 Å². The van der Waals surface area contributed by atoms with E-state index in [1.54, 1.807) is 10.8 Å². The summed E-state index contributed by atoms with van der Waals surface area (Å²) < 4.78 is 0. The SMILES string of the molecule is CCC(NN)(c1c(N)csc1N)c1c(N)csc1N. The fraction of sp³-hybridized carbons (Fsp3) is 0.273. The maximum absolute atomic E-state index is 6.05. The second-order valence-electron chi connectivity index (χ2n) is 4.26. The van der Waals surface area contributed by atoms with E-state index in [2.05, 4.69) is 5.43 Å². The van der Waals surface area contributed by atoms with Crippen LogP contribution in [0.25, 0.3) is 0 Å². The van der Waals surface area contributed by atoms with Gasteiger partial charge < -0.3 is 22.9 Å². The highest BCUT2D eigenvalue weighted by Crippen LogP contribution is 2.47. The zero-order valence-corrected chi connectivity index (χ0v) is 12.2. The molecule has 0 aliphatic heterocycles. The normalized spacial score (nSPS) is 11.9. The van der Waals surface area contributed by atoms with Crippen molar-refractivity contribution in [2.75, 3.05) is 22.9 Å². The topological polar surface area (TPSA) is 142 Å². The van der Waals surface area contributed by atoms with E-state index in [4.69, 9.17) is 28.8 Å². The number of nitrogen functional groups attached to an aromatic ring is 4. The van der Waals surface area contributed by atoms with E-state index in [0.717, 1.165) is 11.1 Å². The minimum atomic E-state index is -0.762. The van der Waals surface area contributed by atoms with Crippen LogP contribution in [0.4, 0.5) is 21.4 Å². The molecular weight excluding hydrogens is 280 g/mol. The summed E-state index contributed by atoms with van der Waals surface area (Å²) in [5.41, 5.74) is 28.9. The smallest absolute Gasteiger partial charge is 0.0933 e. The van der Waals surface area contributed by atoms with E-state index in [-0.39, 0.29) is 0 Å². The fourth-order valence-corrected chi connectivity index (χ4v) is 3.98. The maximum atomic E-state index is 6.05. The summed E-state index contributed by atoms with van der Waals surface area (Å²) in [5.74, 6) is 5.81. The van der Waals surface area contributed by atoms with Crippen LogP contribution in [0.3, 0.4) is 0 Å². The van der Waals surface area contributed by atoms with Crippen LogP contribution < -0.4 is 34.2 Å². The lowest BCUT2D eigenvalue weighted by Gasteiger charge is -2.33. The number of nitrogens with one attached hydrogen (secondary N) is 1. The number of hydrazine groups is 1.